The van der Waals surface area contributed by atoms with E-state index in [4.69, 9.17) is 16.7 Å². The highest BCUT2D eigenvalue weighted by Crippen LogP contribution is 2.41. The lowest BCUT2D eigenvalue weighted by atomic mass is 9.71. The van der Waals surface area contributed by atoms with Crippen LogP contribution in [0.2, 0.25) is 5.02 Å². The highest BCUT2D eigenvalue weighted by atomic mass is 35.5. The molecule has 1 aliphatic heterocycles. The van der Waals surface area contributed by atoms with E-state index in [9.17, 15) is 9.59 Å². The number of amides is 2. The zero-order valence-electron chi connectivity index (χ0n) is 20.0. The zero-order chi connectivity index (χ0) is 23.7. The molecule has 1 saturated carbocycles. The Morgan fingerprint density at radius 3 is 2.47 bits per heavy atom. The maximum absolute atomic E-state index is 12.8. The van der Waals surface area contributed by atoms with E-state index in [1.165, 1.54) is 36.1 Å². The van der Waals surface area contributed by atoms with E-state index in [0.29, 0.717) is 11.3 Å². The van der Waals surface area contributed by atoms with Gasteiger partial charge < -0.3 is 15.3 Å². The fraction of sp³-hybridized carbons (Fsp3) is 0.615. The molecule has 0 aromatic heterocycles. The van der Waals surface area contributed by atoms with Crippen molar-refractivity contribution < 1.29 is 14.7 Å². The molecule has 2 amide bonds. The van der Waals surface area contributed by atoms with Gasteiger partial charge in [-0.2, -0.15) is 0 Å². The van der Waals surface area contributed by atoms with Crippen molar-refractivity contribution in [3.05, 3.63) is 46.1 Å². The van der Waals surface area contributed by atoms with Crippen molar-refractivity contribution in [2.75, 3.05) is 6.54 Å². The normalized spacial score (nSPS) is 23.8. The molecule has 3 rings (SSSR count). The number of nitrogens with one attached hydrogen (secondary N) is 1. The highest BCUT2D eigenvalue weighted by molar-refractivity contribution is 6.31. The van der Waals surface area contributed by atoms with E-state index < -0.39 is 11.5 Å². The predicted molar refractivity (Wildman–Crippen MR) is 129 cm³/mol. The third-order valence-electron chi connectivity index (χ3n) is 7.28. The Morgan fingerprint density at radius 1 is 1.25 bits per heavy atom. The summed E-state index contributed by atoms with van der Waals surface area (Å²) in [5.41, 5.74) is 2.91. The second kappa shape index (κ2) is 9.46. The molecule has 0 unspecified atom stereocenters. The first-order chi connectivity index (χ1) is 14.9. The minimum Gasteiger partial charge on any atom is -0.481 e. The van der Waals surface area contributed by atoms with Crippen LogP contribution >= 0.6 is 11.6 Å². The van der Waals surface area contributed by atoms with Gasteiger partial charge in [0, 0.05) is 17.8 Å². The molecule has 1 aromatic rings. The van der Waals surface area contributed by atoms with Crippen LogP contribution in [-0.2, 0) is 16.8 Å². The summed E-state index contributed by atoms with van der Waals surface area (Å²) in [5.74, 6) is -0.0863. The molecule has 0 saturated heterocycles. The standard InChI is InChI=1S/C26H37ClN2O3/c1-17(2)21-16-29(13-10-23(30)31)24(32)28-26(21,5)20-7-6-19(22(27)15-20)14-18-8-11-25(3,4)12-9-18/h6-7,15-18H,8-14H2,1-5H3,(H,28,32)(H,30,31)/t26-/m0/s1. The van der Waals surface area contributed by atoms with Crippen molar-refractivity contribution in [2.24, 2.45) is 17.3 Å². The number of benzene rings is 1. The Labute approximate surface area is 197 Å². The summed E-state index contributed by atoms with van der Waals surface area (Å²) in [7, 11) is 0. The van der Waals surface area contributed by atoms with Crippen molar-refractivity contribution in [2.45, 2.75) is 78.7 Å². The lowest BCUT2D eigenvalue weighted by Gasteiger charge is -2.42. The summed E-state index contributed by atoms with van der Waals surface area (Å²) in [6, 6.07) is 5.90. The number of hydrogen-bond donors (Lipinski definition) is 2. The average Bonchev–Trinajstić information content (AvgIpc) is 2.69. The van der Waals surface area contributed by atoms with Crippen LogP contribution in [0.4, 0.5) is 4.79 Å². The minimum atomic E-state index is -0.922. The van der Waals surface area contributed by atoms with Crippen molar-refractivity contribution >= 4 is 23.6 Å². The maximum atomic E-state index is 12.8. The van der Waals surface area contributed by atoms with Gasteiger partial charge in [0.1, 0.15) is 0 Å². The number of carboxylic acid groups (broad SMARTS) is 1. The van der Waals surface area contributed by atoms with Gasteiger partial charge in [-0.05, 0) is 79.0 Å². The van der Waals surface area contributed by atoms with E-state index in [0.717, 1.165) is 22.6 Å². The molecule has 1 aliphatic carbocycles. The van der Waals surface area contributed by atoms with Crippen molar-refractivity contribution in [3.8, 4) is 0 Å². The van der Waals surface area contributed by atoms with Crippen LogP contribution in [0.1, 0.15) is 77.8 Å². The van der Waals surface area contributed by atoms with Gasteiger partial charge in [-0.25, -0.2) is 4.79 Å². The summed E-state index contributed by atoms with van der Waals surface area (Å²) in [4.78, 5) is 25.2. The molecule has 0 spiro atoms. The Kier molecular flexibility index (Phi) is 7.28. The van der Waals surface area contributed by atoms with E-state index in [1.54, 1.807) is 0 Å². The molecule has 1 heterocycles. The number of aliphatic carboxylic acids is 1. The zero-order valence-corrected chi connectivity index (χ0v) is 20.8. The Balaban J connectivity index is 1.82. The molecule has 1 aromatic carbocycles. The molecule has 0 radical (unpaired) electrons. The highest BCUT2D eigenvalue weighted by Gasteiger charge is 2.40. The number of carbonyl (C=O) groups excluding carboxylic acids is 1. The number of urea groups is 1. The third kappa shape index (κ3) is 5.48. The molecule has 176 valence electrons. The number of halogens is 1. The average molecular weight is 461 g/mol. The van der Waals surface area contributed by atoms with Crippen LogP contribution in [0.5, 0.6) is 0 Å². The molecular formula is C26H37ClN2O3. The number of rotatable bonds is 7. The summed E-state index contributed by atoms with van der Waals surface area (Å²) in [6.45, 7) is 11.0. The van der Waals surface area contributed by atoms with E-state index in [-0.39, 0.29) is 24.9 Å². The van der Waals surface area contributed by atoms with Gasteiger partial charge >= 0.3 is 12.0 Å². The van der Waals surface area contributed by atoms with Gasteiger partial charge in [-0.15, -0.1) is 0 Å². The largest absolute Gasteiger partial charge is 0.481 e. The van der Waals surface area contributed by atoms with Crippen molar-refractivity contribution in [3.63, 3.8) is 0 Å². The van der Waals surface area contributed by atoms with Gasteiger partial charge in [-0.3, -0.25) is 4.79 Å². The third-order valence-corrected chi connectivity index (χ3v) is 7.63. The first-order valence-corrected chi connectivity index (χ1v) is 12.1. The first kappa shape index (κ1) is 24.6. The number of carboxylic acids is 1. The van der Waals surface area contributed by atoms with Crippen molar-refractivity contribution in [1.82, 2.24) is 10.2 Å². The topological polar surface area (TPSA) is 69.6 Å². The molecule has 2 N–H and O–H groups in total. The van der Waals surface area contributed by atoms with Gasteiger partial charge in [0.05, 0.1) is 12.0 Å². The number of hydrogen-bond acceptors (Lipinski definition) is 2. The van der Waals surface area contributed by atoms with Crippen molar-refractivity contribution in [1.29, 1.82) is 0 Å². The fourth-order valence-electron chi connectivity index (χ4n) is 5.06. The molecule has 5 nitrogen and oxygen atoms in total. The molecule has 1 atom stereocenters. The smallest absolute Gasteiger partial charge is 0.322 e. The predicted octanol–water partition coefficient (Wildman–Crippen LogP) is 6.35. The van der Waals surface area contributed by atoms with Crippen LogP contribution in [-0.4, -0.2) is 28.6 Å². The lowest BCUT2D eigenvalue weighted by Crippen LogP contribution is -2.55. The Morgan fingerprint density at radius 2 is 1.91 bits per heavy atom. The maximum Gasteiger partial charge on any atom is 0.322 e. The summed E-state index contributed by atoms with van der Waals surface area (Å²) < 4.78 is 0. The molecule has 0 bridgehead atoms. The Hall–Kier alpha value is -2.01. The monoisotopic (exact) mass is 460 g/mol. The summed E-state index contributed by atoms with van der Waals surface area (Å²) in [6.07, 6.45) is 7.73. The summed E-state index contributed by atoms with van der Waals surface area (Å²) >= 11 is 6.75. The van der Waals surface area contributed by atoms with Crippen LogP contribution < -0.4 is 5.32 Å². The SMILES string of the molecule is CC(C)C1=CN(CCC(=O)O)C(=O)N[C@@]1(C)c1ccc(CC2CCC(C)(C)CC2)c(Cl)c1. The molecule has 1 fully saturated rings. The van der Waals surface area contributed by atoms with Crippen LogP contribution in [0, 0.1) is 17.3 Å². The van der Waals surface area contributed by atoms with Crippen LogP contribution in [0.15, 0.2) is 30.0 Å². The number of carbonyl (C=O) groups is 2. The minimum absolute atomic E-state index is 0.0924. The van der Waals surface area contributed by atoms with Gasteiger partial charge in [0.15, 0.2) is 0 Å². The van der Waals surface area contributed by atoms with Gasteiger partial charge in [0.25, 0.3) is 0 Å². The lowest BCUT2D eigenvalue weighted by molar-refractivity contribution is -0.137. The van der Waals surface area contributed by atoms with Gasteiger partial charge in [0.2, 0.25) is 0 Å². The Bertz CT molecular complexity index is 898. The van der Waals surface area contributed by atoms with Crippen LogP contribution in [0.25, 0.3) is 0 Å². The fourth-order valence-corrected chi connectivity index (χ4v) is 5.32. The molecular weight excluding hydrogens is 424 g/mol. The molecule has 32 heavy (non-hydrogen) atoms. The van der Waals surface area contributed by atoms with Gasteiger partial charge in [-0.1, -0.05) is 51.4 Å². The van der Waals surface area contributed by atoms with E-state index >= 15 is 0 Å². The molecule has 6 heteroatoms. The van der Waals surface area contributed by atoms with E-state index in [1.807, 2.05) is 19.2 Å². The quantitative estimate of drug-likeness (QED) is 0.497. The molecule has 2 aliphatic rings. The van der Waals surface area contributed by atoms with Crippen LogP contribution in [0.3, 0.4) is 0 Å². The summed E-state index contributed by atoms with van der Waals surface area (Å²) in [5, 5.41) is 12.9. The van der Waals surface area contributed by atoms with E-state index in [2.05, 4.69) is 45.1 Å². The number of nitrogens with zero attached hydrogens (tertiary/aromatic N) is 1. The second-order valence-electron chi connectivity index (χ2n) is 10.7. The first-order valence-electron chi connectivity index (χ1n) is 11.7. The second-order valence-corrected chi connectivity index (χ2v) is 11.2.